The molecule has 1 aromatic rings. The molecule has 1 heterocycles. The van der Waals surface area contributed by atoms with E-state index in [1.165, 1.54) is 6.07 Å². The molecule has 0 aliphatic carbocycles. The standard InChI is InChI=1S/C11H7F2N/c1-2-5-10-11(12,13)8-6-3-4-7-9(8)14-10/h3-7H,1H2. The van der Waals surface area contributed by atoms with Crippen molar-refractivity contribution < 1.29 is 8.78 Å². The molecule has 70 valence electrons. The van der Waals surface area contributed by atoms with Crippen molar-refractivity contribution in [2.75, 3.05) is 0 Å². The number of hydrogen-bond acceptors (Lipinski definition) is 1. The van der Waals surface area contributed by atoms with Gasteiger partial charge in [-0.25, -0.2) is 4.99 Å². The van der Waals surface area contributed by atoms with E-state index >= 15 is 0 Å². The van der Waals surface area contributed by atoms with Crippen LogP contribution in [0.25, 0.3) is 0 Å². The average Bonchev–Trinajstić information content (AvgIpc) is 2.41. The molecule has 0 fully saturated rings. The van der Waals surface area contributed by atoms with Gasteiger partial charge in [0.1, 0.15) is 5.71 Å². The Hall–Kier alpha value is -1.73. The molecule has 0 bridgehead atoms. The Balaban J connectivity index is 2.61. The minimum atomic E-state index is -3.01. The van der Waals surface area contributed by atoms with Crippen molar-refractivity contribution in [1.29, 1.82) is 0 Å². The molecule has 2 rings (SSSR count). The van der Waals surface area contributed by atoms with Gasteiger partial charge in [-0.2, -0.15) is 8.78 Å². The molecule has 14 heavy (non-hydrogen) atoms. The van der Waals surface area contributed by atoms with Crippen molar-refractivity contribution in [2.24, 2.45) is 4.99 Å². The second kappa shape index (κ2) is 2.89. The van der Waals surface area contributed by atoms with Crippen LogP contribution in [0.1, 0.15) is 5.56 Å². The molecule has 1 aliphatic rings. The highest BCUT2D eigenvalue weighted by molar-refractivity contribution is 6.06. The third kappa shape index (κ3) is 1.10. The molecule has 0 amide bonds. The summed E-state index contributed by atoms with van der Waals surface area (Å²) in [6.45, 7) is 3.26. The maximum atomic E-state index is 13.6. The molecule has 3 heteroatoms. The molecular formula is C11H7F2N. The Morgan fingerprint density at radius 3 is 2.71 bits per heavy atom. The van der Waals surface area contributed by atoms with Crippen LogP contribution in [0.4, 0.5) is 14.5 Å². The molecule has 0 aromatic heterocycles. The molecule has 0 saturated carbocycles. The van der Waals surface area contributed by atoms with Crippen molar-refractivity contribution >= 4 is 11.4 Å². The molecule has 1 aliphatic heterocycles. The van der Waals surface area contributed by atoms with Crippen molar-refractivity contribution in [3.63, 3.8) is 0 Å². The fourth-order valence-corrected chi connectivity index (χ4v) is 1.39. The Kier molecular flexibility index (Phi) is 1.83. The molecule has 1 nitrogen and oxygen atoms in total. The molecule has 1 aromatic carbocycles. The predicted molar refractivity (Wildman–Crippen MR) is 51.1 cm³/mol. The minimum Gasteiger partial charge on any atom is -0.246 e. The number of rotatable bonds is 1. The van der Waals surface area contributed by atoms with E-state index in [1.807, 2.05) is 0 Å². The maximum Gasteiger partial charge on any atom is 0.317 e. The van der Waals surface area contributed by atoms with E-state index < -0.39 is 5.92 Å². The summed E-state index contributed by atoms with van der Waals surface area (Å²) in [7, 11) is 0. The SMILES string of the molecule is C=C=CC1=Nc2ccccc2C1(F)F. The number of alkyl halides is 2. The van der Waals surface area contributed by atoms with E-state index in [1.54, 1.807) is 18.2 Å². The van der Waals surface area contributed by atoms with Crippen LogP contribution in [-0.2, 0) is 5.92 Å². The third-order valence-electron chi connectivity index (χ3n) is 2.04. The third-order valence-corrected chi connectivity index (χ3v) is 2.04. The lowest BCUT2D eigenvalue weighted by atomic mass is 10.1. The average molecular weight is 191 g/mol. The molecular weight excluding hydrogens is 184 g/mol. The van der Waals surface area contributed by atoms with Gasteiger partial charge >= 0.3 is 5.92 Å². The van der Waals surface area contributed by atoms with Crippen LogP contribution in [0.5, 0.6) is 0 Å². The number of halogens is 2. The zero-order chi connectivity index (χ0) is 10.2. The van der Waals surface area contributed by atoms with E-state index in [9.17, 15) is 8.78 Å². The van der Waals surface area contributed by atoms with Crippen molar-refractivity contribution in [2.45, 2.75) is 5.92 Å². The number of para-hydroxylation sites is 1. The summed E-state index contributed by atoms with van der Waals surface area (Å²) in [5.74, 6) is -3.01. The van der Waals surface area contributed by atoms with E-state index in [-0.39, 0.29) is 11.3 Å². The lowest BCUT2D eigenvalue weighted by molar-refractivity contribution is 0.0815. The normalized spacial score (nSPS) is 16.9. The minimum absolute atomic E-state index is 0.0542. The first-order valence-electron chi connectivity index (χ1n) is 4.08. The van der Waals surface area contributed by atoms with Crippen LogP contribution in [0, 0.1) is 0 Å². The quantitative estimate of drug-likeness (QED) is 0.604. The monoisotopic (exact) mass is 191 g/mol. The first-order valence-corrected chi connectivity index (χ1v) is 4.08. The Labute approximate surface area is 80.1 Å². The summed E-state index contributed by atoms with van der Waals surface area (Å²) in [6.07, 6.45) is 1.11. The molecule has 0 unspecified atom stereocenters. The van der Waals surface area contributed by atoms with Gasteiger partial charge in [-0.3, -0.25) is 0 Å². The second-order valence-corrected chi connectivity index (χ2v) is 2.94. The van der Waals surface area contributed by atoms with Crippen LogP contribution < -0.4 is 0 Å². The van der Waals surface area contributed by atoms with Crippen LogP contribution in [0.2, 0.25) is 0 Å². The fourth-order valence-electron chi connectivity index (χ4n) is 1.39. The van der Waals surface area contributed by atoms with Gasteiger partial charge in [0.2, 0.25) is 0 Å². The Morgan fingerprint density at radius 1 is 1.36 bits per heavy atom. The smallest absolute Gasteiger partial charge is 0.246 e. The van der Waals surface area contributed by atoms with Gasteiger partial charge in [-0.05, 0) is 6.07 Å². The summed E-state index contributed by atoms with van der Waals surface area (Å²) in [5.41, 5.74) is 2.28. The van der Waals surface area contributed by atoms with E-state index in [0.29, 0.717) is 5.69 Å². The first kappa shape index (κ1) is 8.85. The highest BCUT2D eigenvalue weighted by Crippen LogP contribution is 2.42. The lowest BCUT2D eigenvalue weighted by Gasteiger charge is -2.09. The Bertz CT molecular complexity index is 454. The summed E-state index contributed by atoms with van der Waals surface area (Å²) in [4.78, 5) is 3.80. The van der Waals surface area contributed by atoms with Gasteiger partial charge in [-0.1, -0.05) is 24.8 Å². The summed E-state index contributed by atoms with van der Waals surface area (Å²) in [6, 6.07) is 6.19. The van der Waals surface area contributed by atoms with Gasteiger partial charge in [-0.15, -0.1) is 5.73 Å². The van der Waals surface area contributed by atoms with Crippen LogP contribution in [0.3, 0.4) is 0 Å². The van der Waals surface area contributed by atoms with Gasteiger partial charge in [0.05, 0.1) is 11.3 Å². The topological polar surface area (TPSA) is 12.4 Å². The molecule has 0 spiro atoms. The Morgan fingerprint density at radius 2 is 2.07 bits per heavy atom. The largest absolute Gasteiger partial charge is 0.317 e. The lowest BCUT2D eigenvalue weighted by Crippen LogP contribution is -2.19. The van der Waals surface area contributed by atoms with E-state index in [0.717, 1.165) is 6.08 Å². The van der Waals surface area contributed by atoms with Crippen molar-refractivity contribution in [3.8, 4) is 0 Å². The second-order valence-electron chi connectivity index (χ2n) is 2.94. The summed E-state index contributed by atoms with van der Waals surface area (Å²) < 4.78 is 27.1. The van der Waals surface area contributed by atoms with E-state index in [4.69, 9.17) is 0 Å². The maximum absolute atomic E-state index is 13.6. The van der Waals surface area contributed by atoms with Gasteiger partial charge in [0, 0.05) is 6.08 Å². The van der Waals surface area contributed by atoms with E-state index in [2.05, 4.69) is 17.3 Å². The number of fused-ring (bicyclic) bond motifs is 1. The molecule has 0 radical (unpaired) electrons. The predicted octanol–water partition coefficient (Wildman–Crippen LogP) is 3.21. The van der Waals surface area contributed by atoms with Crippen molar-refractivity contribution in [3.05, 3.63) is 48.2 Å². The number of aliphatic imine (C=N–C) groups is 1. The summed E-state index contributed by atoms with van der Waals surface area (Å²) in [5, 5.41) is 0. The number of benzene rings is 1. The van der Waals surface area contributed by atoms with Crippen LogP contribution >= 0.6 is 0 Å². The fraction of sp³-hybridized carbons (Fsp3) is 0.0909. The first-order chi connectivity index (χ1) is 6.66. The van der Waals surface area contributed by atoms with Gasteiger partial charge in [0.25, 0.3) is 0 Å². The van der Waals surface area contributed by atoms with Gasteiger partial charge in [0.15, 0.2) is 0 Å². The van der Waals surface area contributed by atoms with Crippen LogP contribution in [-0.4, -0.2) is 5.71 Å². The van der Waals surface area contributed by atoms with Crippen LogP contribution in [0.15, 0.2) is 47.6 Å². The zero-order valence-corrected chi connectivity index (χ0v) is 7.30. The molecule has 0 atom stereocenters. The number of hydrogen-bond donors (Lipinski definition) is 0. The summed E-state index contributed by atoms with van der Waals surface area (Å²) >= 11 is 0. The van der Waals surface area contributed by atoms with Crippen molar-refractivity contribution in [1.82, 2.24) is 0 Å². The molecule has 0 saturated heterocycles. The van der Waals surface area contributed by atoms with Gasteiger partial charge < -0.3 is 0 Å². The zero-order valence-electron chi connectivity index (χ0n) is 7.30. The number of allylic oxidation sites excluding steroid dienone is 1. The molecule has 0 N–H and O–H groups in total. The highest BCUT2D eigenvalue weighted by Gasteiger charge is 2.43. The number of nitrogens with zero attached hydrogens (tertiary/aromatic N) is 1. The highest BCUT2D eigenvalue weighted by atomic mass is 19.3.